The van der Waals surface area contributed by atoms with Crippen molar-refractivity contribution in [2.45, 2.75) is 12.2 Å². The lowest BCUT2D eigenvalue weighted by molar-refractivity contribution is 0.216. The maximum absolute atomic E-state index is 12.1. The van der Waals surface area contributed by atoms with Gasteiger partial charge < -0.3 is 9.47 Å². The minimum Gasteiger partial charge on any atom is -0.496 e. The average molecular weight is 681 g/mol. The first kappa shape index (κ1) is 29.3. The van der Waals surface area contributed by atoms with E-state index in [-0.39, 0.29) is 0 Å². The zero-order valence-corrected chi connectivity index (χ0v) is 26.8. The summed E-state index contributed by atoms with van der Waals surface area (Å²) in [7, 11) is -6.54. The van der Waals surface area contributed by atoms with Gasteiger partial charge in [-0.1, -0.05) is 72.8 Å². The lowest BCUT2D eigenvalue weighted by Crippen LogP contribution is -2.17. The summed E-state index contributed by atoms with van der Waals surface area (Å²) < 4.78 is 91.1. The summed E-state index contributed by atoms with van der Waals surface area (Å²) >= 11 is 0. The molecule has 2 aliphatic rings. The Labute approximate surface area is 274 Å². The quantitative estimate of drug-likeness (QED) is 0.103. The van der Waals surface area contributed by atoms with E-state index in [1.165, 1.54) is 0 Å². The van der Waals surface area contributed by atoms with E-state index in [0.717, 1.165) is 54.6 Å². The number of ether oxygens (including phenoxy) is 2. The van der Waals surface area contributed by atoms with Gasteiger partial charge in [-0.05, 0) is 78.2 Å². The minimum atomic E-state index is -4.85. The highest BCUT2D eigenvalue weighted by Gasteiger charge is 2.37. The summed E-state index contributed by atoms with van der Waals surface area (Å²) in [5, 5.41) is 6.03. The third-order valence-electron chi connectivity index (χ3n) is 9.60. The molecule has 240 valence electrons. The van der Waals surface area contributed by atoms with Gasteiger partial charge in [0.2, 0.25) is 0 Å². The van der Waals surface area contributed by atoms with Crippen molar-refractivity contribution >= 4 is 63.9 Å². The number of rotatable bonds is 6. The molecule has 0 heterocycles. The Bertz CT molecular complexity index is 2580. The molecule has 48 heavy (non-hydrogen) atoms. The summed E-state index contributed by atoms with van der Waals surface area (Å²) in [6, 6.07) is 25.7. The third kappa shape index (κ3) is 3.98. The normalized spacial score (nSPS) is 16.8. The van der Waals surface area contributed by atoms with Crippen LogP contribution in [0.15, 0.2) is 84.9 Å². The van der Waals surface area contributed by atoms with Crippen molar-refractivity contribution in [3.63, 3.8) is 0 Å². The third-order valence-corrected chi connectivity index (χ3v) is 10.5. The lowest BCUT2D eigenvalue weighted by Gasteiger charge is -2.32. The molecule has 10 nitrogen and oxygen atoms in total. The Morgan fingerprint density at radius 1 is 0.479 bits per heavy atom. The second-order valence-corrected chi connectivity index (χ2v) is 14.0. The minimum absolute atomic E-state index is 0.534. The van der Waals surface area contributed by atoms with Crippen LogP contribution in [0.1, 0.15) is 34.5 Å². The van der Waals surface area contributed by atoms with E-state index in [2.05, 4.69) is 0 Å². The van der Waals surface area contributed by atoms with Crippen molar-refractivity contribution in [1.29, 1.82) is 0 Å². The van der Waals surface area contributed by atoms with Crippen molar-refractivity contribution in [3.05, 3.63) is 107 Å². The van der Waals surface area contributed by atoms with E-state index in [1.54, 1.807) is 50.6 Å². The van der Waals surface area contributed by atoms with Crippen LogP contribution in [0.2, 0.25) is 0 Å². The molecule has 0 saturated heterocycles. The molecule has 12 heteroatoms. The molecule has 0 aromatic heterocycles. The highest BCUT2D eigenvalue weighted by atomic mass is 32.3. The van der Waals surface area contributed by atoms with Crippen LogP contribution in [0.25, 0.3) is 65.3 Å². The van der Waals surface area contributed by atoms with Crippen molar-refractivity contribution < 1.29 is 43.8 Å². The molecule has 2 unspecified atom stereocenters. The highest BCUT2D eigenvalue weighted by molar-refractivity contribution is 7.81. The van der Waals surface area contributed by atoms with Gasteiger partial charge in [0.25, 0.3) is 0 Å². The molecule has 7 aromatic rings. The molecule has 0 amide bonds. The second kappa shape index (κ2) is 9.86. The zero-order valence-electron chi connectivity index (χ0n) is 25.2. The van der Waals surface area contributed by atoms with E-state index in [4.69, 9.17) is 17.8 Å². The van der Waals surface area contributed by atoms with Crippen molar-refractivity contribution in [1.82, 2.24) is 0 Å². The smallest absolute Gasteiger partial charge is 0.398 e. The van der Waals surface area contributed by atoms with Crippen LogP contribution in [-0.2, 0) is 29.2 Å². The fraction of sp³-hybridized carbons (Fsp3) is 0.111. The molecule has 0 fully saturated rings. The lowest BCUT2D eigenvalue weighted by atomic mass is 9.75. The summed E-state index contributed by atoms with van der Waals surface area (Å²) in [6.07, 6.45) is -2.24. The monoisotopic (exact) mass is 680 g/mol. The first-order chi connectivity index (χ1) is 23.0. The molecular weight excluding hydrogens is 657 g/mol. The predicted molar refractivity (Wildman–Crippen MR) is 181 cm³/mol. The molecular formula is C36H24O10S2. The summed E-state index contributed by atoms with van der Waals surface area (Å²) in [5.74, 6) is 1.07. The molecule has 0 bridgehead atoms. The van der Waals surface area contributed by atoms with E-state index < -0.39 is 33.0 Å². The van der Waals surface area contributed by atoms with Crippen molar-refractivity contribution in [2.24, 2.45) is 0 Å². The molecule has 2 atom stereocenters. The van der Waals surface area contributed by atoms with Crippen LogP contribution in [0.3, 0.4) is 0 Å². The van der Waals surface area contributed by atoms with Gasteiger partial charge in [-0.2, -0.15) is 16.8 Å². The van der Waals surface area contributed by atoms with Gasteiger partial charge in [-0.25, -0.2) is 8.37 Å². The summed E-state index contributed by atoms with van der Waals surface area (Å²) in [4.78, 5) is 0. The number of hydrogen-bond acceptors (Lipinski definition) is 8. The molecule has 0 spiro atoms. The van der Waals surface area contributed by atoms with Gasteiger partial charge in [0.15, 0.2) is 0 Å². The Morgan fingerprint density at radius 3 is 1.25 bits per heavy atom. The van der Waals surface area contributed by atoms with Gasteiger partial charge in [-0.3, -0.25) is 9.11 Å². The Morgan fingerprint density at radius 2 is 0.875 bits per heavy atom. The van der Waals surface area contributed by atoms with Crippen molar-refractivity contribution in [3.8, 4) is 33.8 Å². The number of benzene rings is 7. The van der Waals surface area contributed by atoms with E-state index in [0.29, 0.717) is 44.5 Å². The van der Waals surface area contributed by atoms with Crippen molar-refractivity contribution in [2.75, 3.05) is 14.2 Å². The van der Waals surface area contributed by atoms with Crippen LogP contribution in [0.4, 0.5) is 0 Å². The SMILES string of the molecule is COc1cc2c3c(ccc4c5ccc6c7c(cc(OC)c(c1c34)c75)-c1ccccc1C6OS(=O)(=O)O)C(OS(=O)(=O)O)c1ccccc1-2. The van der Waals surface area contributed by atoms with Gasteiger partial charge in [-0.15, -0.1) is 0 Å². The first-order valence-electron chi connectivity index (χ1n) is 14.8. The fourth-order valence-corrected chi connectivity index (χ4v) is 8.89. The van der Waals surface area contributed by atoms with Crippen LogP contribution in [0, 0.1) is 0 Å². The van der Waals surface area contributed by atoms with Crippen LogP contribution in [-0.4, -0.2) is 40.2 Å². The standard InChI is InChI=1S/C36H24O10S2/c1-43-27-15-25-17-7-3-5-9-21(17)35(45-47(37,38)39)23-13-11-19-20-12-14-24-30-26(18-8-4-6-10-22(18)36(24)46-48(40,41)42)16-28(44-2)34(32(20)30)33(27)31(19)29(23)25/h3-16,35-36H,1-2H3,(H,37,38,39)(H,40,41,42). The maximum Gasteiger partial charge on any atom is 0.398 e. The molecule has 2 aliphatic carbocycles. The van der Waals surface area contributed by atoms with E-state index in [9.17, 15) is 25.9 Å². The predicted octanol–water partition coefficient (Wildman–Crippen LogP) is 7.53. The first-order valence-corrected chi connectivity index (χ1v) is 17.6. The molecule has 2 N–H and O–H groups in total. The summed E-state index contributed by atoms with van der Waals surface area (Å²) in [5.41, 5.74) is 5.30. The molecule has 0 aliphatic heterocycles. The Balaban J connectivity index is 1.51. The van der Waals surface area contributed by atoms with Crippen LogP contribution < -0.4 is 9.47 Å². The van der Waals surface area contributed by atoms with Gasteiger partial charge >= 0.3 is 20.8 Å². The van der Waals surface area contributed by atoms with Gasteiger partial charge in [0.1, 0.15) is 23.7 Å². The van der Waals surface area contributed by atoms with E-state index in [1.807, 2.05) is 48.5 Å². The molecule has 9 rings (SSSR count). The van der Waals surface area contributed by atoms with Gasteiger partial charge in [0.05, 0.1) is 14.2 Å². The average Bonchev–Trinajstić information content (AvgIpc) is 3.06. The topological polar surface area (TPSA) is 146 Å². The Hall–Kier alpha value is -4.82. The molecule has 0 radical (unpaired) electrons. The van der Waals surface area contributed by atoms with Crippen LogP contribution in [0.5, 0.6) is 11.5 Å². The van der Waals surface area contributed by atoms with Gasteiger partial charge in [0, 0.05) is 21.5 Å². The largest absolute Gasteiger partial charge is 0.496 e. The van der Waals surface area contributed by atoms with E-state index >= 15 is 0 Å². The molecule has 7 aromatic carbocycles. The molecule has 0 saturated carbocycles. The zero-order chi connectivity index (χ0) is 33.3. The number of hydrogen-bond donors (Lipinski definition) is 2. The second-order valence-electron chi connectivity index (χ2n) is 11.9. The number of methoxy groups -OCH3 is 2. The number of fused-ring (bicyclic) bond motifs is 6. The maximum atomic E-state index is 12.1. The van der Waals surface area contributed by atoms with Crippen LogP contribution >= 0.6 is 0 Å². The summed E-state index contributed by atoms with van der Waals surface area (Å²) in [6.45, 7) is 0. The fourth-order valence-electron chi connectivity index (χ4n) is 7.99. The highest BCUT2D eigenvalue weighted by Crippen LogP contribution is 2.58. The Kier molecular flexibility index (Phi) is 6.02.